The molecule has 0 unspecified atom stereocenters. The van der Waals surface area contributed by atoms with Crippen LogP contribution in [0.15, 0.2) is 78.9 Å². The van der Waals surface area contributed by atoms with E-state index in [0.29, 0.717) is 48.7 Å². The Kier molecular flexibility index (Phi) is 12.8. The average Bonchev–Trinajstić information content (AvgIpc) is 3.07. The Morgan fingerprint density at radius 3 is 1.87 bits per heavy atom. The van der Waals surface area contributed by atoms with Crippen molar-refractivity contribution in [2.75, 3.05) is 6.61 Å². The molecule has 0 saturated heterocycles. The van der Waals surface area contributed by atoms with Crippen LogP contribution in [-0.4, -0.2) is 31.0 Å². The molecular formula is C37H28F13NO4. The van der Waals surface area contributed by atoms with Crippen molar-refractivity contribution in [2.24, 2.45) is 0 Å². The molecule has 0 spiro atoms. The Hall–Kier alpha value is -5.29. The van der Waals surface area contributed by atoms with Crippen molar-refractivity contribution in [3.63, 3.8) is 0 Å². The number of hydrogen-bond acceptors (Lipinski definition) is 4. The van der Waals surface area contributed by atoms with Gasteiger partial charge in [-0.3, -0.25) is 9.59 Å². The molecule has 4 aromatic rings. The molecule has 5 nitrogen and oxygen atoms in total. The summed E-state index contributed by atoms with van der Waals surface area (Å²) in [7, 11) is 0. The maximum atomic E-state index is 15.2. The molecule has 0 aromatic heterocycles. The third kappa shape index (κ3) is 10.5. The van der Waals surface area contributed by atoms with Gasteiger partial charge in [0.05, 0.1) is 23.3 Å². The Bertz CT molecular complexity index is 2000. The molecule has 0 fully saturated rings. The molecule has 0 bridgehead atoms. The number of aryl methyl sites for hydroxylation is 1. The maximum absolute atomic E-state index is 15.2. The van der Waals surface area contributed by atoms with Crippen LogP contribution in [0.3, 0.4) is 0 Å². The molecule has 18 heteroatoms. The maximum Gasteiger partial charge on any atom is 0.461 e. The zero-order valence-corrected chi connectivity index (χ0v) is 28.2. The van der Waals surface area contributed by atoms with Gasteiger partial charge in [0.25, 0.3) is 5.91 Å². The van der Waals surface area contributed by atoms with E-state index in [-0.39, 0.29) is 42.9 Å². The fourth-order valence-electron chi connectivity index (χ4n) is 5.59. The number of esters is 1. The summed E-state index contributed by atoms with van der Waals surface area (Å²) in [6, 6.07) is 8.89. The normalized spacial score (nSPS) is 13.4. The molecule has 1 N–H and O–H groups in total. The number of amides is 1. The highest BCUT2D eigenvalue weighted by Crippen LogP contribution is 2.41. The largest absolute Gasteiger partial charge is 0.466 e. The molecule has 0 aliphatic heterocycles. The molecule has 1 amide bonds. The first-order valence-corrected chi connectivity index (χ1v) is 16.0. The molecule has 4 aromatic carbocycles. The predicted molar refractivity (Wildman–Crippen MR) is 169 cm³/mol. The van der Waals surface area contributed by atoms with Crippen molar-refractivity contribution in [1.29, 1.82) is 0 Å². The highest BCUT2D eigenvalue weighted by atomic mass is 19.4. The topological polar surface area (TPSA) is 64.6 Å². The van der Waals surface area contributed by atoms with Gasteiger partial charge in [-0.15, -0.1) is 0 Å². The Morgan fingerprint density at radius 2 is 1.29 bits per heavy atom. The van der Waals surface area contributed by atoms with E-state index in [1.54, 1.807) is 6.92 Å². The van der Waals surface area contributed by atoms with Crippen LogP contribution in [0, 0.1) is 17.5 Å². The second-order valence-electron chi connectivity index (χ2n) is 12.0. The number of carbonyl (C=O) groups excluding carboxylic acids is 2. The lowest BCUT2D eigenvalue weighted by atomic mass is 9.76. The zero-order valence-electron chi connectivity index (χ0n) is 28.2. The van der Waals surface area contributed by atoms with Gasteiger partial charge in [0.15, 0.2) is 0 Å². The zero-order chi connectivity index (χ0) is 40.9. The first-order chi connectivity index (χ1) is 25.6. The lowest BCUT2D eigenvalue weighted by Crippen LogP contribution is -2.49. The van der Waals surface area contributed by atoms with Gasteiger partial charge < -0.3 is 14.8 Å². The molecule has 0 aliphatic carbocycles. The summed E-state index contributed by atoms with van der Waals surface area (Å²) in [4.78, 5) is 25.5. The minimum Gasteiger partial charge on any atom is -0.466 e. The number of ether oxygens (including phenoxy) is 2. The second-order valence-corrected chi connectivity index (χ2v) is 12.0. The molecule has 0 aliphatic rings. The molecular weight excluding hydrogens is 769 g/mol. The van der Waals surface area contributed by atoms with E-state index < -0.39 is 99.7 Å². The van der Waals surface area contributed by atoms with Crippen LogP contribution in [0.5, 0.6) is 5.75 Å². The monoisotopic (exact) mass is 797 g/mol. The van der Waals surface area contributed by atoms with Crippen molar-refractivity contribution < 1.29 is 76.1 Å². The number of rotatable bonds is 14. The minimum atomic E-state index is -5.42. The van der Waals surface area contributed by atoms with E-state index in [1.807, 2.05) is 0 Å². The fourth-order valence-corrected chi connectivity index (χ4v) is 5.59. The SMILES string of the molecule is CCOC(=O)CCCc1ccc(C[C@](NC(=O)c2ccc(F)c(C(F)(F)F)c2)(c2cc(F)cc(OC(F)(F)C(F)F)c2)c2ccc(F)c(C(F)(F)F)c2)cc1. The lowest BCUT2D eigenvalue weighted by Gasteiger charge is -2.37. The number of alkyl halides is 10. The number of nitrogens with one attached hydrogen (secondary N) is 1. The highest BCUT2D eigenvalue weighted by molar-refractivity contribution is 5.95. The van der Waals surface area contributed by atoms with E-state index in [1.165, 1.54) is 24.3 Å². The summed E-state index contributed by atoms with van der Waals surface area (Å²) in [5.41, 5.74) is -8.35. The van der Waals surface area contributed by atoms with E-state index >= 15 is 4.39 Å². The van der Waals surface area contributed by atoms with Crippen LogP contribution in [0.2, 0.25) is 0 Å². The van der Waals surface area contributed by atoms with Gasteiger partial charge in [0.2, 0.25) is 0 Å². The number of hydrogen-bond donors (Lipinski definition) is 1. The van der Waals surface area contributed by atoms with E-state index in [9.17, 15) is 62.3 Å². The Labute approximate surface area is 304 Å². The van der Waals surface area contributed by atoms with Gasteiger partial charge in [0, 0.05) is 24.5 Å². The Morgan fingerprint density at radius 1 is 0.709 bits per heavy atom. The molecule has 4 rings (SSSR count). The van der Waals surface area contributed by atoms with Crippen molar-refractivity contribution in [1.82, 2.24) is 5.32 Å². The number of benzene rings is 4. The molecule has 0 heterocycles. The van der Waals surface area contributed by atoms with Crippen LogP contribution >= 0.6 is 0 Å². The van der Waals surface area contributed by atoms with Crippen molar-refractivity contribution in [2.45, 2.75) is 63.0 Å². The highest BCUT2D eigenvalue weighted by Gasteiger charge is 2.46. The summed E-state index contributed by atoms with van der Waals surface area (Å²) < 4.78 is 190. The molecule has 0 radical (unpaired) electrons. The third-order valence-electron chi connectivity index (χ3n) is 8.14. The molecule has 296 valence electrons. The smallest absolute Gasteiger partial charge is 0.461 e. The summed E-state index contributed by atoms with van der Waals surface area (Å²) in [6.45, 7) is 1.77. The minimum absolute atomic E-state index is 0.0465. The number of halogens is 13. The van der Waals surface area contributed by atoms with Crippen LogP contribution in [-0.2, 0) is 40.3 Å². The van der Waals surface area contributed by atoms with Gasteiger partial charge in [-0.05, 0) is 84.5 Å². The first kappa shape index (κ1) is 42.5. The van der Waals surface area contributed by atoms with Gasteiger partial charge in [0.1, 0.15) is 23.2 Å². The summed E-state index contributed by atoms with van der Waals surface area (Å²) in [6.07, 6.45) is -20.6. The van der Waals surface area contributed by atoms with Crippen LogP contribution < -0.4 is 10.1 Å². The lowest BCUT2D eigenvalue weighted by molar-refractivity contribution is -0.253. The van der Waals surface area contributed by atoms with Crippen LogP contribution in [0.1, 0.15) is 63.5 Å². The van der Waals surface area contributed by atoms with Crippen molar-refractivity contribution in [3.8, 4) is 5.75 Å². The fraction of sp³-hybridized carbons (Fsp3) is 0.297. The van der Waals surface area contributed by atoms with E-state index in [4.69, 9.17) is 4.74 Å². The van der Waals surface area contributed by atoms with Gasteiger partial charge >= 0.3 is 30.9 Å². The predicted octanol–water partition coefficient (Wildman–Crippen LogP) is 10.2. The van der Waals surface area contributed by atoms with Crippen molar-refractivity contribution in [3.05, 3.63) is 135 Å². The van der Waals surface area contributed by atoms with E-state index in [2.05, 4.69) is 10.1 Å². The van der Waals surface area contributed by atoms with Gasteiger partial charge in [-0.25, -0.2) is 13.2 Å². The van der Waals surface area contributed by atoms with Crippen LogP contribution in [0.25, 0.3) is 0 Å². The summed E-state index contributed by atoms with van der Waals surface area (Å²) in [5.74, 6) is -8.52. The average molecular weight is 798 g/mol. The number of carbonyl (C=O) groups is 2. The molecule has 1 atom stereocenters. The third-order valence-corrected chi connectivity index (χ3v) is 8.14. The van der Waals surface area contributed by atoms with Crippen molar-refractivity contribution >= 4 is 11.9 Å². The van der Waals surface area contributed by atoms with Gasteiger partial charge in [-0.1, -0.05) is 30.3 Å². The second kappa shape index (κ2) is 16.6. The van der Waals surface area contributed by atoms with E-state index in [0.717, 1.165) is 0 Å². The summed E-state index contributed by atoms with van der Waals surface area (Å²) >= 11 is 0. The molecule has 0 saturated carbocycles. The molecule has 55 heavy (non-hydrogen) atoms. The summed E-state index contributed by atoms with van der Waals surface area (Å²) in [5, 5.41) is 2.21. The first-order valence-electron chi connectivity index (χ1n) is 16.0. The van der Waals surface area contributed by atoms with Gasteiger partial charge in [-0.2, -0.15) is 43.9 Å². The quantitative estimate of drug-likeness (QED) is 0.102. The Balaban J connectivity index is 1.97. The standard InChI is InChI=1S/C37H28F13NO4/c1-2-54-31(52)5-3-4-20-6-8-21(9-7-20)19-34(23-11-13-30(40)28(17-23)36(46,47)48,24-15-25(38)18-26(16-24)55-37(49,50)33(41)42)51-32(53)22-10-12-29(39)27(14-22)35(43,44)45/h6-18,33H,2-5,19H2,1H3,(H,51,53)/t34-/m1/s1. The van der Waals surface area contributed by atoms with Crippen LogP contribution in [0.4, 0.5) is 57.1 Å².